The summed E-state index contributed by atoms with van der Waals surface area (Å²) in [6.45, 7) is 4.08. The average Bonchev–Trinajstić information content (AvgIpc) is 2.61. The van der Waals surface area contributed by atoms with Gasteiger partial charge in [0.25, 0.3) is 5.09 Å². The summed E-state index contributed by atoms with van der Waals surface area (Å²) in [7, 11) is 1.66. The quantitative estimate of drug-likeness (QED) is 0.587. The third kappa shape index (κ3) is 3.65. The third-order valence-corrected chi connectivity index (χ3v) is 4.24. The van der Waals surface area contributed by atoms with Gasteiger partial charge < -0.3 is 14.5 Å². The van der Waals surface area contributed by atoms with Crippen molar-refractivity contribution in [3.63, 3.8) is 0 Å². The minimum absolute atomic E-state index is 0.113. The average molecular weight is 332 g/mol. The molecule has 1 aliphatic rings. The number of ether oxygens (including phenoxy) is 1. The molecule has 0 atom stereocenters. The molecule has 0 aliphatic carbocycles. The number of rotatable bonds is 6. The SMILES string of the molecule is COc1ccc2nccc(N3CCN(CCO[N+](=O)[O-])CC3)c2c1. The van der Waals surface area contributed by atoms with Gasteiger partial charge in [0.2, 0.25) is 0 Å². The minimum Gasteiger partial charge on any atom is -0.497 e. The molecule has 1 aliphatic heterocycles. The molecule has 1 aromatic heterocycles. The van der Waals surface area contributed by atoms with Crippen LogP contribution in [-0.4, -0.2) is 61.4 Å². The lowest BCUT2D eigenvalue weighted by Crippen LogP contribution is -2.47. The van der Waals surface area contributed by atoms with Crippen LogP contribution in [0, 0.1) is 10.1 Å². The highest BCUT2D eigenvalue weighted by Gasteiger charge is 2.19. The number of benzene rings is 1. The van der Waals surface area contributed by atoms with E-state index >= 15 is 0 Å². The Morgan fingerprint density at radius 1 is 1.25 bits per heavy atom. The van der Waals surface area contributed by atoms with Crippen LogP contribution in [0.3, 0.4) is 0 Å². The molecule has 1 saturated heterocycles. The van der Waals surface area contributed by atoms with Crippen molar-refractivity contribution < 1.29 is 14.7 Å². The minimum atomic E-state index is -0.743. The topological polar surface area (TPSA) is 81.0 Å². The van der Waals surface area contributed by atoms with Gasteiger partial charge in [0.15, 0.2) is 0 Å². The molecule has 24 heavy (non-hydrogen) atoms. The first-order valence-electron chi connectivity index (χ1n) is 7.85. The van der Waals surface area contributed by atoms with Crippen LogP contribution >= 0.6 is 0 Å². The summed E-state index contributed by atoms with van der Waals surface area (Å²) < 4.78 is 5.32. The van der Waals surface area contributed by atoms with E-state index < -0.39 is 5.09 Å². The fourth-order valence-corrected chi connectivity index (χ4v) is 2.97. The van der Waals surface area contributed by atoms with Gasteiger partial charge in [-0.05, 0) is 24.3 Å². The summed E-state index contributed by atoms with van der Waals surface area (Å²) in [5.74, 6) is 0.812. The molecule has 8 nitrogen and oxygen atoms in total. The zero-order valence-electron chi connectivity index (χ0n) is 13.6. The zero-order valence-corrected chi connectivity index (χ0v) is 13.6. The van der Waals surface area contributed by atoms with Crippen molar-refractivity contribution >= 4 is 16.6 Å². The number of pyridine rings is 1. The molecule has 0 radical (unpaired) electrons. The second-order valence-electron chi connectivity index (χ2n) is 5.60. The first-order chi connectivity index (χ1) is 11.7. The highest BCUT2D eigenvalue weighted by Crippen LogP contribution is 2.29. The maximum Gasteiger partial charge on any atom is 0.294 e. The second kappa shape index (κ2) is 7.31. The van der Waals surface area contributed by atoms with Crippen molar-refractivity contribution in [3.8, 4) is 5.75 Å². The number of hydrogen-bond donors (Lipinski definition) is 0. The summed E-state index contributed by atoms with van der Waals surface area (Å²) >= 11 is 0. The van der Waals surface area contributed by atoms with Gasteiger partial charge in [-0.3, -0.25) is 9.88 Å². The third-order valence-electron chi connectivity index (χ3n) is 4.24. The monoisotopic (exact) mass is 332 g/mol. The molecule has 0 spiro atoms. The molecule has 0 N–H and O–H groups in total. The Morgan fingerprint density at radius 3 is 2.75 bits per heavy atom. The number of nitrogens with zero attached hydrogens (tertiary/aromatic N) is 4. The Bertz CT molecular complexity index is 716. The predicted molar refractivity (Wildman–Crippen MR) is 89.9 cm³/mol. The molecular weight excluding hydrogens is 312 g/mol. The Balaban J connectivity index is 1.68. The lowest BCUT2D eigenvalue weighted by molar-refractivity contribution is -0.757. The van der Waals surface area contributed by atoms with Crippen molar-refractivity contribution in [3.05, 3.63) is 40.6 Å². The molecule has 0 bridgehead atoms. The molecule has 0 saturated carbocycles. The van der Waals surface area contributed by atoms with E-state index in [1.54, 1.807) is 7.11 Å². The number of fused-ring (bicyclic) bond motifs is 1. The Labute approximate surface area is 139 Å². The highest BCUT2D eigenvalue weighted by molar-refractivity contribution is 5.92. The molecule has 3 rings (SSSR count). The lowest BCUT2D eigenvalue weighted by Gasteiger charge is -2.36. The van der Waals surface area contributed by atoms with Crippen LogP contribution in [0.25, 0.3) is 10.9 Å². The standard InChI is InChI=1S/C16H20N4O4/c1-23-13-2-3-15-14(12-13)16(4-5-17-15)19-8-6-18(7-9-19)10-11-24-20(21)22/h2-5,12H,6-11H2,1H3. The fourth-order valence-electron chi connectivity index (χ4n) is 2.97. The number of anilines is 1. The second-order valence-corrected chi connectivity index (χ2v) is 5.60. The van der Waals surface area contributed by atoms with E-state index in [9.17, 15) is 10.1 Å². The van der Waals surface area contributed by atoms with Crippen molar-refractivity contribution in [2.75, 3.05) is 51.3 Å². The van der Waals surface area contributed by atoms with Gasteiger partial charge in [0.1, 0.15) is 12.4 Å². The van der Waals surface area contributed by atoms with Crippen LogP contribution < -0.4 is 9.64 Å². The molecule has 8 heteroatoms. The van der Waals surface area contributed by atoms with Gasteiger partial charge in [-0.25, -0.2) is 0 Å². The smallest absolute Gasteiger partial charge is 0.294 e. The van der Waals surface area contributed by atoms with Gasteiger partial charge in [-0.15, -0.1) is 10.1 Å². The van der Waals surface area contributed by atoms with Gasteiger partial charge in [0, 0.05) is 50.0 Å². The van der Waals surface area contributed by atoms with Crippen molar-refractivity contribution in [1.82, 2.24) is 9.88 Å². The number of hydrogen-bond acceptors (Lipinski definition) is 7. The van der Waals surface area contributed by atoms with Crippen LogP contribution in [0.1, 0.15) is 0 Å². The van der Waals surface area contributed by atoms with Gasteiger partial charge in [-0.2, -0.15) is 0 Å². The van der Waals surface area contributed by atoms with E-state index in [1.165, 1.54) is 0 Å². The van der Waals surface area contributed by atoms with Crippen molar-refractivity contribution in [2.24, 2.45) is 0 Å². The molecule has 2 heterocycles. The first kappa shape index (κ1) is 16.3. The van der Waals surface area contributed by atoms with E-state index in [0.29, 0.717) is 6.54 Å². The van der Waals surface area contributed by atoms with Crippen molar-refractivity contribution in [1.29, 1.82) is 0 Å². The van der Waals surface area contributed by atoms with E-state index in [1.807, 2.05) is 30.5 Å². The van der Waals surface area contributed by atoms with Gasteiger partial charge in [0.05, 0.1) is 12.6 Å². The van der Waals surface area contributed by atoms with Crippen LogP contribution in [0.5, 0.6) is 5.75 Å². The molecule has 1 aromatic carbocycles. The van der Waals surface area contributed by atoms with Gasteiger partial charge >= 0.3 is 0 Å². The Morgan fingerprint density at radius 2 is 2.04 bits per heavy atom. The molecular formula is C16H20N4O4. The number of aromatic nitrogens is 1. The lowest BCUT2D eigenvalue weighted by atomic mass is 10.1. The van der Waals surface area contributed by atoms with E-state index in [0.717, 1.165) is 48.5 Å². The molecule has 2 aromatic rings. The number of methoxy groups -OCH3 is 1. The molecule has 1 fully saturated rings. The molecule has 0 amide bonds. The fraction of sp³-hybridized carbons (Fsp3) is 0.438. The Hall–Kier alpha value is -2.61. The molecule has 128 valence electrons. The summed E-state index contributed by atoms with van der Waals surface area (Å²) in [4.78, 5) is 23.5. The van der Waals surface area contributed by atoms with Crippen LogP contribution in [0.4, 0.5) is 5.69 Å². The van der Waals surface area contributed by atoms with E-state index in [2.05, 4.69) is 19.6 Å². The summed E-state index contributed by atoms with van der Waals surface area (Å²) in [6.07, 6.45) is 1.82. The highest BCUT2D eigenvalue weighted by atomic mass is 16.9. The summed E-state index contributed by atoms with van der Waals surface area (Å²) in [6, 6.07) is 7.90. The maximum absolute atomic E-state index is 10.2. The molecule has 0 unspecified atom stereocenters. The largest absolute Gasteiger partial charge is 0.497 e. The predicted octanol–water partition coefficient (Wildman–Crippen LogP) is 1.57. The Kier molecular flexibility index (Phi) is 4.95. The number of piperazine rings is 1. The summed E-state index contributed by atoms with van der Waals surface area (Å²) in [5, 5.41) is 10.5. The van der Waals surface area contributed by atoms with E-state index in [-0.39, 0.29) is 6.61 Å². The first-order valence-corrected chi connectivity index (χ1v) is 7.85. The van der Waals surface area contributed by atoms with Crippen LogP contribution in [0.15, 0.2) is 30.5 Å². The van der Waals surface area contributed by atoms with Gasteiger partial charge in [-0.1, -0.05) is 0 Å². The van der Waals surface area contributed by atoms with E-state index in [4.69, 9.17) is 4.74 Å². The zero-order chi connectivity index (χ0) is 16.9. The normalized spacial score (nSPS) is 15.5. The van der Waals surface area contributed by atoms with Crippen molar-refractivity contribution in [2.45, 2.75) is 0 Å². The maximum atomic E-state index is 10.2. The summed E-state index contributed by atoms with van der Waals surface area (Å²) in [5.41, 5.74) is 2.08. The van der Waals surface area contributed by atoms with Crippen LogP contribution in [-0.2, 0) is 4.84 Å². The van der Waals surface area contributed by atoms with Crippen LogP contribution in [0.2, 0.25) is 0 Å².